The minimum Gasteiger partial charge on any atom is -0.490 e. The second-order valence-electron chi connectivity index (χ2n) is 5.72. The van der Waals surface area contributed by atoms with Gasteiger partial charge in [0, 0.05) is 11.1 Å². The van der Waals surface area contributed by atoms with Crippen molar-refractivity contribution in [1.29, 1.82) is 0 Å². The Labute approximate surface area is 158 Å². The molecular weight excluding hydrogens is 413 g/mol. The van der Waals surface area contributed by atoms with Crippen LogP contribution in [0.15, 0.2) is 42.5 Å². The molecule has 0 unspecified atom stereocenters. The van der Waals surface area contributed by atoms with E-state index < -0.39 is 0 Å². The maximum absolute atomic E-state index is 5.95. The smallest absolute Gasteiger partial charge is 0.174 e. The zero-order valence-electron chi connectivity index (χ0n) is 14.6. The number of hydrogen-bond acceptors (Lipinski definition) is 2. The van der Waals surface area contributed by atoms with Gasteiger partial charge in [0.15, 0.2) is 11.5 Å². The van der Waals surface area contributed by atoms with Crippen LogP contribution in [0.25, 0.3) is 0 Å². The molecule has 0 atom stereocenters. The van der Waals surface area contributed by atoms with Gasteiger partial charge in [-0.2, -0.15) is 0 Å². The van der Waals surface area contributed by atoms with Gasteiger partial charge in [0.1, 0.15) is 13.1 Å². The number of nitrogens with two attached hydrogens (primary N) is 1. The van der Waals surface area contributed by atoms with E-state index in [1.807, 2.05) is 6.92 Å². The number of quaternary nitrogens is 1. The molecule has 0 radical (unpaired) electrons. The molecule has 0 fully saturated rings. The van der Waals surface area contributed by atoms with Crippen molar-refractivity contribution in [2.75, 3.05) is 13.2 Å². The standard InChI is InChI=1S/C20H26INO2/c1-3-5-11-24-20-18(21)12-17(13-19(20)23-4-2)15-22-14-16-9-7-6-8-10-16/h6-10,12-13,22H,3-5,11,14-15H2,1-2H3/p+1. The van der Waals surface area contributed by atoms with E-state index in [1.165, 1.54) is 11.1 Å². The number of ether oxygens (including phenoxy) is 2. The third kappa shape index (κ3) is 5.98. The second-order valence-corrected chi connectivity index (χ2v) is 6.88. The number of hydrogen-bond donors (Lipinski definition) is 1. The maximum Gasteiger partial charge on any atom is 0.174 e. The van der Waals surface area contributed by atoms with Crippen LogP contribution in [0.2, 0.25) is 0 Å². The van der Waals surface area contributed by atoms with Gasteiger partial charge in [0.05, 0.1) is 16.8 Å². The van der Waals surface area contributed by atoms with Crippen LogP contribution in [0.4, 0.5) is 0 Å². The maximum atomic E-state index is 5.95. The predicted molar refractivity (Wildman–Crippen MR) is 107 cm³/mol. The van der Waals surface area contributed by atoms with Crippen LogP contribution < -0.4 is 14.8 Å². The van der Waals surface area contributed by atoms with Gasteiger partial charge in [-0.15, -0.1) is 0 Å². The number of rotatable bonds is 10. The molecule has 4 heteroatoms. The van der Waals surface area contributed by atoms with Crippen LogP contribution in [-0.2, 0) is 13.1 Å². The minimum absolute atomic E-state index is 0.650. The highest BCUT2D eigenvalue weighted by molar-refractivity contribution is 14.1. The lowest BCUT2D eigenvalue weighted by atomic mass is 10.2. The summed E-state index contributed by atoms with van der Waals surface area (Å²) in [6.07, 6.45) is 2.20. The molecule has 0 saturated carbocycles. The molecule has 3 nitrogen and oxygen atoms in total. The van der Waals surface area contributed by atoms with E-state index in [0.29, 0.717) is 6.61 Å². The Morgan fingerprint density at radius 2 is 1.71 bits per heavy atom. The van der Waals surface area contributed by atoms with Gasteiger partial charge in [-0.3, -0.25) is 0 Å². The Hall–Kier alpha value is -1.27. The van der Waals surface area contributed by atoms with Crippen LogP contribution in [0.3, 0.4) is 0 Å². The van der Waals surface area contributed by atoms with Crippen molar-refractivity contribution < 1.29 is 14.8 Å². The van der Waals surface area contributed by atoms with Crippen molar-refractivity contribution in [3.8, 4) is 11.5 Å². The first kappa shape index (κ1) is 19.1. The van der Waals surface area contributed by atoms with Gasteiger partial charge in [-0.25, -0.2) is 0 Å². The second kappa shape index (κ2) is 10.6. The average molecular weight is 440 g/mol. The van der Waals surface area contributed by atoms with E-state index in [2.05, 4.69) is 77.3 Å². The molecule has 2 rings (SSSR count). The van der Waals surface area contributed by atoms with Crippen LogP contribution >= 0.6 is 22.6 Å². The quantitative estimate of drug-likeness (QED) is 0.446. The van der Waals surface area contributed by atoms with Gasteiger partial charge in [-0.1, -0.05) is 43.7 Å². The van der Waals surface area contributed by atoms with E-state index in [0.717, 1.165) is 47.6 Å². The Kier molecular flexibility index (Phi) is 8.39. The topological polar surface area (TPSA) is 35.1 Å². The van der Waals surface area contributed by atoms with Crippen LogP contribution in [-0.4, -0.2) is 13.2 Å². The molecular formula is C20H27INO2+. The molecule has 0 aromatic heterocycles. The molecule has 2 aromatic rings. The highest BCUT2D eigenvalue weighted by atomic mass is 127. The third-order valence-electron chi connectivity index (χ3n) is 3.72. The molecule has 0 heterocycles. The van der Waals surface area contributed by atoms with Crippen molar-refractivity contribution >= 4 is 22.6 Å². The number of unbranched alkanes of at least 4 members (excludes halogenated alkanes) is 1. The molecule has 0 spiro atoms. The van der Waals surface area contributed by atoms with Crippen LogP contribution in [0.5, 0.6) is 11.5 Å². The predicted octanol–water partition coefficient (Wildman–Crippen LogP) is 4.13. The lowest BCUT2D eigenvalue weighted by Crippen LogP contribution is -2.80. The fraction of sp³-hybridized carbons (Fsp3) is 0.400. The summed E-state index contributed by atoms with van der Waals surface area (Å²) in [5.41, 5.74) is 2.61. The zero-order chi connectivity index (χ0) is 17.2. The highest BCUT2D eigenvalue weighted by Crippen LogP contribution is 2.34. The summed E-state index contributed by atoms with van der Waals surface area (Å²) in [5.74, 6) is 1.75. The molecule has 130 valence electrons. The summed E-state index contributed by atoms with van der Waals surface area (Å²) < 4.78 is 12.9. The van der Waals surface area contributed by atoms with Crippen LogP contribution in [0.1, 0.15) is 37.8 Å². The van der Waals surface area contributed by atoms with Gasteiger partial charge < -0.3 is 14.8 Å². The summed E-state index contributed by atoms with van der Waals surface area (Å²) in [7, 11) is 0. The molecule has 0 aliphatic heterocycles. The van der Waals surface area contributed by atoms with Gasteiger partial charge in [0.2, 0.25) is 0 Å². The Bertz CT molecular complexity index is 617. The molecule has 0 bridgehead atoms. The summed E-state index contributed by atoms with van der Waals surface area (Å²) in [6, 6.07) is 14.9. The van der Waals surface area contributed by atoms with Crippen molar-refractivity contribution in [3.63, 3.8) is 0 Å². The van der Waals surface area contributed by atoms with E-state index >= 15 is 0 Å². The largest absolute Gasteiger partial charge is 0.490 e. The number of benzene rings is 2. The molecule has 2 N–H and O–H groups in total. The molecule has 0 amide bonds. The van der Waals surface area contributed by atoms with Crippen molar-refractivity contribution in [3.05, 3.63) is 57.2 Å². The molecule has 0 aliphatic carbocycles. The lowest BCUT2D eigenvalue weighted by molar-refractivity contribution is -0.686. The average Bonchev–Trinajstić information content (AvgIpc) is 2.58. The Morgan fingerprint density at radius 3 is 2.42 bits per heavy atom. The fourth-order valence-electron chi connectivity index (χ4n) is 2.48. The zero-order valence-corrected chi connectivity index (χ0v) is 16.7. The van der Waals surface area contributed by atoms with E-state index in [1.54, 1.807) is 0 Å². The van der Waals surface area contributed by atoms with E-state index in [4.69, 9.17) is 9.47 Å². The summed E-state index contributed by atoms with van der Waals surface area (Å²) in [4.78, 5) is 0. The van der Waals surface area contributed by atoms with E-state index in [9.17, 15) is 0 Å². The fourth-order valence-corrected chi connectivity index (χ4v) is 3.30. The van der Waals surface area contributed by atoms with Crippen molar-refractivity contribution in [2.45, 2.75) is 39.8 Å². The summed E-state index contributed by atoms with van der Waals surface area (Å²) >= 11 is 2.35. The molecule has 24 heavy (non-hydrogen) atoms. The Balaban J connectivity index is 2.01. The molecule has 2 aromatic carbocycles. The highest BCUT2D eigenvalue weighted by Gasteiger charge is 2.13. The van der Waals surface area contributed by atoms with Gasteiger partial charge in [0.25, 0.3) is 0 Å². The number of halogens is 1. The lowest BCUT2D eigenvalue weighted by Gasteiger charge is -2.15. The minimum atomic E-state index is 0.650. The monoisotopic (exact) mass is 440 g/mol. The first-order valence-electron chi connectivity index (χ1n) is 8.68. The first-order chi connectivity index (χ1) is 11.7. The first-order valence-corrected chi connectivity index (χ1v) is 9.76. The van der Waals surface area contributed by atoms with Crippen LogP contribution in [0, 0.1) is 3.57 Å². The van der Waals surface area contributed by atoms with Gasteiger partial charge in [-0.05, 0) is 48.1 Å². The SMILES string of the molecule is CCCCOc1c(I)cc(C[NH2+]Cc2ccccc2)cc1OCC. The molecule has 0 aliphatic rings. The van der Waals surface area contributed by atoms with Crippen molar-refractivity contribution in [1.82, 2.24) is 0 Å². The van der Waals surface area contributed by atoms with Gasteiger partial charge >= 0.3 is 0 Å². The summed E-state index contributed by atoms with van der Waals surface area (Å²) in [6.45, 7) is 7.49. The third-order valence-corrected chi connectivity index (χ3v) is 4.52. The Morgan fingerprint density at radius 1 is 0.958 bits per heavy atom. The van der Waals surface area contributed by atoms with E-state index in [-0.39, 0.29) is 0 Å². The molecule has 0 saturated heterocycles. The summed E-state index contributed by atoms with van der Waals surface area (Å²) in [5, 5.41) is 2.31. The normalized spacial score (nSPS) is 10.6. The van der Waals surface area contributed by atoms with Crippen molar-refractivity contribution in [2.24, 2.45) is 0 Å².